The normalized spacial score (nSPS) is 14.9. The first-order valence-corrected chi connectivity index (χ1v) is 10.7. The van der Waals surface area contributed by atoms with Crippen LogP contribution in [0.1, 0.15) is 57.0 Å². The van der Waals surface area contributed by atoms with Crippen LogP contribution >= 0.6 is 0 Å². The zero-order valence-electron chi connectivity index (χ0n) is 19.2. The summed E-state index contributed by atoms with van der Waals surface area (Å²) in [5.74, 6) is -0.763. The van der Waals surface area contributed by atoms with E-state index >= 15 is 0 Å². The van der Waals surface area contributed by atoms with E-state index in [0.29, 0.717) is 17.0 Å². The van der Waals surface area contributed by atoms with E-state index < -0.39 is 11.6 Å². The highest BCUT2D eigenvalue weighted by Crippen LogP contribution is 2.38. The van der Waals surface area contributed by atoms with Crippen LogP contribution in [0.5, 0.6) is 5.75 Å². The molecule has 0 atom stereocenters. The van der Waals surface area contributed by atoms with Gasteiger partial charge in [0.15, 0.2) is 5.60 Å². The minimum atomic E-state index is -1.15. The molecule has 1 aliphatic rings. The van der Waals surface area contributed by atoms with E-state index in [9.17, 15) is 14.4 Å². The fourth-order valence-corrected chi connectivity index (χ4v) is 3.25. The van der Waals surface area contributed by atoms with E-state index in [1.807, 2.05) is 51.1 Å². The summed E-state index contributed by atoms with van der Waals surface area (Å²) in [6, 6.07) is 14.2. The SMILES string of the molecule is CCC(C)(C)NC(=O)c1ccc2c(c1)N(CC(=O)OCc1ccccc1)C(=O)C(C)(C)O2. The summed E-state index contributed by atoms with van der Waals surface area (Å²) in [6.07, 6.45) is 0.763. The molecule has 0 saturated heterocycles. The van der Waals surface area contributed by atoms with Crippen molar-refractivity contribution in [2.24, 2.45) is 0 Å². The van der Waals surface area contributed by atoms with E-state index in [-0.39, 0.29) is 30.5 Å². The molecule has 0 fully saturated rings. The van der Waals surface area contributed by atoms with Gasteiger partial charge >= 0.3 is 5.97 Å². The Morgan fingerprint density at radius 3 is 2.47 bits per heavy atom. The lowest BCUT2D eigenvalue weighted by Crippen LogP contribution is -2.54. The minimum Gasteiger partial charge on any atom is -0.476 e. The van der Waals surface area contributed by atoms with Gasteiger partial charge in [-0.25, -0.2) is 0 Å². The zero-order valence-corrected chi connectivity index (χ0v) is 19.2. The largest absolute Gasteiger partial charge is 0.476 e. The monoisotopic (exact) mass is 438 g/mol. The van der Waals surface area contributed by atoms with Gasteiger partial charge in [0.2, 0.25) is 0 Å². The lowest BCUT2D eigenvalue weighted by molar-refractivity contribution is -0.145. The van der Waals surface area contributed by atoms with Crippen LogP contribution < -0.4 is 15.0 Å². The van der Waals surface area contributed by atoms with Crippen LogP contribution in [0.25, 0.3) is 0 Å². The highest BCUT2D eigenvalue weighted by atomic mass is 16.5. The lowest BCUT2D eigenvalue weighted by Gasteiger charge is -2.38. The number of amides is 2. The zero-order chi connectivity index (χ0) is 23.5. The predicted molar refractivity (Wildman–Crippen MR) is 122 cm³/mol. The van der Waals surface area contributed by atoms with Crippen molar-refractivity contribution in [2.45, 2.75) is 58.8 Å². The van der Waals surface area contributed by atoms with Gasteiger partial charge in [-0.05, 0) is 57.9 Å². The Morgan fingerprint density at radius 1 is 1.12 bits per heavy atom. The number of carbonyl (C=O) groups is 3. The highest BCUT2D eigenvalue weighted by molar-refractivity contribution is 6.06. The molecule has 7 heteroatoms. The number of nitrogens with one attached hydrogen (secondary N) is 1. The number of fused-ring (bicyclic) bond motifs is 1. The molecule has 1 heterocycles. The fourth-order valence-electron chi connectivity index (χ4n) is 3.25. The molecule has 2 aromatic rings. The second kappa shape index (κ2) is 9.02. The van der Waals surface area contributed by atoms with Crippen LogP contribution in [0.4, 0.5) is 5.69 Å². The van der Waals surface area contributed by atoms with Crippen molar-refractivity contribution in [3.63, 3.8) is 0 Å². The van der Waals surface area contributed by atoms with Crippen LogP contribution in [0.15, 0.2) is 48.5 Å². The van der Waals surface area contributed by atoms with Gasteiger partial charge in [-0.15, -0.1) is 0 Å². The van der Waals surface area contributed by atoms with Crippen molar-refractivity contribution < 1.29 is 23.9 Å². The van der Waals surface area contributed by atoms with Crippen LogP contribution in [-0.2, 0) is 20.9 Å². The average Bonchev–Trinajstić information content (AvgIpc) is 2.75. The van der Waals surface area contributed by atoms with Gasteiger partial charge in [0.25, 0.3) is 11.8 Å². The lowest BCUT2D eigenvalue weighted by atomic mass is 10.00. The molecule has 0 aliphatic carbocycles. The first-order valence-electron chi connectivity index (χ1n) is 10.7. The van der Waals surface area contributed by atoms with E-state index in [4.69, 9.17) is 9.47 Å². The number of hydrogen-bond acceptors (Lipinski definition) is 5. The van der Waals surface area contributed by atoms with Crippen molar-refractivity contribution in [1.82, 2.24) is 5.32 Å². The molecule has 1 N–H and O–H groups in total. The second-order valence-electron chi connectivity index (χ2n) is 9.02. The average molecular weight is 439 g/mol. The first-order chi connectivity index (χ1) is 15.0. The maximum absolute atomic E-state index is 13.1. The molecule has 0 spiro atoms. The number of carbonyl (C=O) groups excluding carboxylic acids is 3. The summed E-state index contributed by atoms with van der Waals surface area (Å²) in [5, 5.41) is 2.98. The van der Waals surface area contributed by atoms with Crippen LogP contribution in [0, 0.1) is 0 Å². The van der Waals surface area contributed by atoms with Crippen molar-refractivity contribution in [3.05, 3.63) is 59.7 Å². The van der Waals surface area contributed by atoms with Crippen molar-refractivity contribution in [2.75, 3.05) is 11.4 Å². The molecule has 0 saturated carbocycles. The summed E-state index contributed by atoms with van der Waals surface area (Å²) in [5.41, 5.74) is 0.0764. The summed E-state index contributed by atoms with van der Waals surface area (Å²) in [7, 11) is 0. The highest BCUT2D eigenvalue weighted by Gasteiger charge is 2.42. The molecule has 0 aromatic heterocycles. The summed E-state index contributed by atoms with van der Waals surface area (Å²) in [4.78, 5) is 39.7. The molecule has 32 heavy (non-hydrogen) atoms. The van der Waals surface area contributed by atoms with Crippen molar-refractivity contribution >= 4 is 23.5 Å². The second-order valence-corrected chi connectivity index (χ2v) is 9.02. The first kappa shape index (κ1) is 23.3. The Hall–Kier alpha value is -3.35. The fraction of sp³-hybridized carbons (Fsp3) is 0.400. The number of esters is 1. The predicted octanol–water partition coefficient (Wildman–Crippen LogP) is 3.85. The number of rotatable bonds is 7. The number of benzene rings is 2. The third-order valence-electron chi connectivity index (χ3n) is 5.50. The molecule has 0 bridgehead atoms. The standard InChI is InChI=1S/C25H30N2O5/c1-6-24(2,3)26-22(29)18-12-13-20-19(14-18)27(23(30)25(4,5)32-20)15-21(28)31-16-17-10-8-7-9-11-17/h7-14H,6,15-16H2,1-5H3,(H,26,29). The Labute approximate surface area is 188 Å². The third kappa shape index (κ3) is 5.28. The molecule has 2 aromatic carbocycles. The Kier molecular flexibility index (Phi) is 6.57. The molecule has 170 valence electrons. The third-order valence-corrected chi connectivity index (χ3v) is 5.50. The molecular weight excluding hydrogens is 408 g/mol. The molecule has 0 radical (unpaired) electrons. The van der Waals surface area contributed by atoms with E-state index in [1.165, 1.54) is 4.90 Å². The summed E-state index contributed by atoms with van der Waals surface area (Å²) < 4.78 is 11.2. The van der Waals surface area contributed by atoms with Crippen LogP contribution in [0.2, 0.25) is 0 Å². The number of hydrogen-bond donors (Lipinski definition) is 1. The van der Waals surface area contributed by atoms with Crippen LogP contribution in [-0.4, -0.2) is 35.5 Å². The van der Waals surface area contributed by atoms with Crippen molar-refractivity contribution in [3.8, 4) is 5.75 Å². The van der Waals surface area contributed by atoms with Crippen molar-refractivity contribution in [1.29, 1.82) is 0 Å². The van der Waals surface area contributed by atoms with Gasteiger partial charge in [0, 0.05) is 11.1 Å². The minimum absolute atomic E-state index is 0.114. The van der Waals surface area contributed by atoms with Gasteiger partial charge in [0.1, 0.15) is 18.9 Å². The molecule has 2 amide bonds. The maximum Gasteiger partial charge on any atom is 0.326 e. The topological polar surface area (TPSA) is 84.9 Å². The summed E-state index contributed by atoms with van der Waals surface area (Å²) in [6.45, 7) is 8.99. The van der Waals surface area contributed by atoms with E-state index in [0.717, 1.165) is 12.0 Å². The Bertz CT molecular complexity index is 1010. The quantitative estimate of drug-likeness (QED) is 0.664. The van der Waals surface area contributed by atoms with E-state index in [1.54, 1.807) is 32.0 Å². The molecule has 0 unspecified atom stereocenters. The maximum atomic E-state index is 13.1. The van der Waals surface area contributed by atoms with Crippen LogP contribution in [0.3, 0.4) is 0 Å². The van der Waals surface area contributed by atoms with Gasteiger partial charge in [0.05, 0.1) is 5.69 Å². The van der Waals surface area contributed by atoms with Gasteiger partial charge in [-0.3, -0.25) is 19.3 Å². The van der Waals surface area contributed by atoms with Gasteiger partial charge in [-0.1, -0.05) is 37.3 Å². The smallest absolute Gasteiger partial charge is 0.326 e. The molecule has 3 rings (SSSR count). The number of ether oxygens (including phenoxy) is 2. The van der Waals surface area contributed by atoms with E-state index in [2.05, 4.69) is 5.32 Å². The summed E-state index contributed by atoms with van der Waals surface area (Å²) >= 11 is 0. The number of anilines is 1. The molecule has 7 nitrogen and oxygen atoms in total. The molecule has 1 aliphatic heterocycles. The Balaban J connectivity index is 1.83. The van der Waals surface area contributed by atoms with Gasteiger partial charge in [-0.2, -0.15) is 0 Å². The molecular formula is C25H30N2O5. The Morgan fingerprint density at radius 2 is 1.81 bits per heavy atom. The number of nitrogens with zero attached hydrogens (tertiary/aromatic N) is 1. The van der Waals surface area contributed by atoms with Gasteiger partial charge < -0.3 is 14.8 Å².